The Labute approximate surface area is 356 Å². The molecule has 330 valence electrons. The summed E-state index contributed by atoms with van der Waals surface area (Å²) < 4.78 is 11.0. The minimum absolute atomic E-state index is 0.221. The second kappa shape index (κ2) is 38.5. The standard InChI is InChI=1S/C50H77NO8/c1-3-5-7-8-9-10-11-12-13-14-15-16-17-18-19-20-21-22-23-24-25-26-27-28-29-30-31-32-33-34-35-36-38-40-46(54)51-43(44(53)39-37-6-4-2)42-58-50-49(57)48(56)47(55)45(41-52)59-50/h5,7,9-10,12-13,15-16,18-19,21-22,24-25,27-28,30-31,33-34,37,39,43-45,47-50,52-53,55-57H,3-4,6,8,11,14,17,20,23,26,29,32,35-36,38,40-42H2,1-2H3,(H,51,54)/b7-5-,10-9-,13-12-,16-15-,19-18-,22-21-,25-24-,28-27-,31-30-,34-33-,39-37+. The third kappa shape index (κ3) is 29.2. The van der Waals surface area contributed by atoms with Crippen LogP contribution in [0.15, 0.2) is 134 Å². The zero-order valence-electron chi connectivity index (χ0n) is 35.9. The summed E-state index contributed by atoms with van der Waals surface area (Å²) >= 11 is 0. The van der Waals surface area contributed by atoms with Crippen molar-refractivity contribution in [1.82, 2.24) is 5.32 Å². The molecule has 7 atom stereocenters. The number of unbranched alkanes of at least 4 members (excludes halogenated alkanes) is 3. The highest BCUT2D eigenvalue weighted by Gasteiger charge is 2.44. The van der Waals surface area contributed by atoms with Crippen LogP contribution in [0.2, 0.25) is 0 Å². The molecule has 0 saturated carbocycles. The lowest BCUT2D eigenvalue weighted by atomic mass is 9.99. The molecule has 1 amide bonds. The fraction of sp³-hybridized carbons (Fsp3) is 0.540. The molecule has 1 aliphatic heterocycles. The van der Waals surface area contributed by atoms with Gasteiger partial charge in [-0.15, -0.1) is 0 Å². The number of amides is 1. The largest absolute Gasteiger partial charge is 0.394 e. The van der Waals surface area contributed by atoms with Crippen molar-refractivity contribution >= 4 is 5.91 Å². The number of ether oxygens (including phenoxy) is 2. The van der Waals surface area contributed by atoms with Crippen molar-refractivity contribution < 1.29 is 39.8 Å². The third-order valence-corrected chi connectivity index (χ3v) is 9.21. The number of nitrogens with one attached hydrogen (secondary N) is 1. The number of allylic oxidation sites excluding steroid dienone is 21. The van der Waals surface area contributed by atoms with E-state index in [0.29, 0.717) is 6.42 Å². The van der Waals surface area contributed by atoms with E-state index < -0.39 is 49.5 Å². The number of hydrogen-bond acceptors (Lipinski definition) is 8. The van der Waals surface area contributed by atoms with E-state index in [1.54, 1.807) is 6.08 Å². The van der Waals surface area contributed by atoms with E-state index in [1.165, 1.54) is 0 Å². The molecule has 1 fully saturated rings. The molecule has 59 heavy (non-hydrogen) atoms. The van der Waals surface area contributed by atoms with Gasteiger partial charge in [0.15, 0.2) is 6.29 Å². The molecule has 6 N–H and O–H groups in total. The number of aliphatic hydroxyl groups is 5. The van der Waals surface area contributed by atoms with E-state index in [9.17, 15) is 30.3 Å². The van der Waals surface area contributed by atoms with E-state index in [1.807, 2.05) is 13.0 Å². The average molecular weight is 820 g/mol. The Bertz CT molecular complexity index is 1370. The highest BCUT2D eigenvalue weighted by Crippen LogP contribution is 2.22. The van der Waals surface area contributed by atoms with Crippen LogP contribution in [0.3, 0.4) is 0 Å². The lowest BCUT2D eigenvalue weighted by Gasteiger charge is -2.40. The van der Waals surface area contributed by atoms with Gasteiger partial charge >= 0.3 is 0 Å². The van der Waals surface area contributed by atoms with Crippen LogP contribution in [-0.2, 0) is 14.3 Å². The molecule has 0 bridgehead atoms. The minimum Gasteiger partial charge on any atom is -0.394 e. The predicted molar refractivity (Wildman–Crippen MR) is 243 cm³/mol. The van der Waals surface area contributed by atoms with Crippen LogP contribution in [0.5, 0.6) is 0 Å². The van der Waals surface area contributed by atoms with Crippen molar-refractivity contribution in [3.8, 4) is 0 Å². The minimum atomic E-state index is -1.58. The summed E-state index contributed by atoms with van der Waals surface area (Å²) in [6.45, 7) is 3.37. The maximum absolute atomic E-state index is 12.7. The number of aliphatic hydroxyl groups excluding tert-OH is 5. The summed E-state index contributed by atoms with van der Waals surface area (Å²) in [4.78, 5) is 12.7. The molecule has 7 unspecified atom stereocenters. The van der Waals surface area contributed by atoms with E-state index in [-0.39, 0.29) is 18.9 Å². The molecule has 9 heteroatoms. The van der Waals surface area contributed by atoms with E-state index >= 15 is 0 Å². The number of rotatable bonds is 33. The van der Waals surface area contributed by atoms with Gasteiger partial charge in [-0.05, 0) is 89.9 Å². The fourth-order valence-electron chi connectivity index (χ4n) is 5.72. The van der Waals surface area contributed by atoms with Gasteiger partial charge in [-0.25, -0.2) is 0 Å². The highest BCUT2D eigenvalue weighted by atomic mass is 16.7. The Morgan fingerprint density at radius 3 is 1.46 bits per heavy atom. The van der Waals surface area contributed by atoms with Gasteiger partial charge in [-0.3, -0.25) is 4.79 Å². The molecule has 0 aliphatic carbocycles. The molecule has 1 saturated heterocycles. The molecular formula is C50H77NO8. The summed E-state index contributed by atoms with van der Waals surface area (Å²) in [5.74, 6) is -0.240. The number of carbonyl (C=O) groups is 1. The van der Waals surface area contributed by atoms with E-state index in [2.05, 4.69) is 134 Å². The van der Waals surface area contributed by atoms with Gasteiger partial charge in [0, 0.05) is 6.42 Å². The molecule has 0 spiro atoms. The van der Waals surface area contributed by atoms with Gasteiger partial charge in [-0.2, -0.15) is 0 Å². The Morgan fingerprint density at radius 2 is 1.03 bits per heavy atom. The SMILES string of the molecule is CC/C=C\C/C=C\C/C=C\C/C=C\C/C=C\C/C=C\C/C=C\C/C=C\C/C=C\C/C=C\CCCCC(=O)NC(COC1OC(CO)C(O)C(O)C1O)C(O)/C=C/CCC. The zero-order valence-corrected chi connectivity index (χ0v) is 35.9. The van der Waals surface area contributed by atoms with Crippen molar-refractivity contribution in [1.29, 1.82) is 0 Å². The second-order valence-electron chi connectivity index (χ2n) is 14.4. The average Bonchev–Trinajstić information content (AvgIpc) is 3.23. The lowest BCUT2D eigenvalue weighted by molar-refractivity contribution is -0.302. The van der Waals surface area contributed by atoms with Crippen molar-refractivity contribution in [3.63, 3.8) is 0 Å². The van der Waals surface area contributed by atoms with Crippen LogP contribution >= 0.6 is 0 Å². The molecule has 1 aliphatic rings. The number of carbonyl (C=O) groups excluding carboxylic acids is 1. The van der Waals surface area contributed by atoms with Gasteiger partial charge in [0.2, 0.25) is 5.91 Å². The van der Waals surface area contributed by atoms with Crippen LogP contribution in [-0.4, -0.2) is 87.5 Å². The summed E-state index contributed by atoms with van der Waals surface area (Å²) in [6, 6.07) is -0.833. The summed E-state index contributed by atoms with van der Waals surface area (Å²) in [7, 11) is 0. The maximum Gasteiger partial charge on any atom is 0.220 e. The van der Waals surface area contributed by atoms with Crippen molar-refractivity contribution in [2.24, 2.45) is 0 Å². The fourth-order valence-corrected chi connectivity index (χ4v) is 5.72. The topological polar surface area (TPSA) is 149 Å². The van der Waals surface area contributed by atoms with Gasteiger partial charge in [0.05, 0.1) is 25.4 Å². The van der Waals surface area contributed by atoms with Crippen molar-refractivity contribution in [3.05, 3.63) is 134 Å². The molecule has 0 radical (unpaired) electrons. The quantitative estimate of drug-likeness (QED) is 0.0284. The van der Waals surface area contributed by atoms with Gasteiger partial charge in [0.1, 0.15) is 24.4 Å². The first-order chi connectivity index (χ1) is 28.8. The Kier molecular flexibility index (Phi) is 34.8. The molecular weight excluding hydrogens is 743 g/mol. The summed E-state index contributed by atoms with van der Waals surface area (Å²) in [6.07, 6.45) is 53.2. The maximum atomic E-state index is 12.7. The predicted octanol–water partition coefficient (Wildman–Crippen LogP) is 9.05. The third-order valence-electron chi connectivity index (χ3n) is 9.21. The van der Waals surface area contributed by atoms with E-state index in [4.69, 9.17) is 9.47 Å². The van der Waals surface area contributed by atoms with Gasteiger partial charge in [0.25, 0.3) is 0 Å². The normalized spacial score (nSPS) is 22.1. The van der Waals surface area contributed by atoms with Crippen LogP contribution in [0, 0.1) is 0 Å². The van der Waals surface area contributed by atoms with Crippen LogP contribution in [0.1, 0.15) is 117 Å². The van der Waals surface area contributed by atoms with Crippen LogP contribution in [0.25, 0.3) is 0 Å². The summed E-state index contributed by atoms with van der Waals surface area (Å²) in [5, 5.41) is 53.3. The highest BCUT2D eigenvalue weighted by molar-refractivity contribution is 5.76. The zero-order chi connectivity index (χ0) is 43.0. The molecule has 0 aromatic rings. The Morgan fingerprint density at radius 1 is 0.593 bits per heavy atom. The first-order valence-corrected chi connectivity index (χ1v) is 21.9. The van der Waals surface area contributed by atoms with Crippen LogP contribution in [0.4, 0.5) is 0 Å². The Balaban J connectivity index is 2.16. The molecule has 1 rings (SSSR count). The molecule has 0 aromatic carbocycles. The summed E-state index contributed by atoms with van der Waals surface area (Å²) in [5.41, 5.74) is 0. The molecule has 9 nitrogen and oxygen atoms in total. The van der Waals surface area contributed by atoms with Crippen molar-refractivity contribution in [2.45, 2.75) is 159 Å². The van der Waals surface area contributed by atoms with Gasteiger partial charge in [-0.1, -0.05) is 154 Å². The molecule has 1 heterocycles. The van der Waals surface area contributed by atoms with Crippen molar-refractivity contribution in [2.75, 3.05) is 13.2 Å². The number of hydrogen-bond donors (Lipinski definition) is 6. The molecule has 0 aromatic heterocycles. The lowest BCUT2D eigenvalue weighted by Crippen LogP contribution is -2.60. The second-order valence-corrected chi connectivity index (χ2v) is 14.4. The van der Waals surface area contributed by atoms with Crippen LogP contribution < -0.4 is 5.32 Å². The smallest absolute Gasteiger partial charge is 0.220 e. The van der Waals surface area contributed by atoms with Gasteiger partial charge < -0.3 is 40.3 Å². The Hall–Kier alpha value is -3.67. The monoisotopic (exact) mass is 820 g/mol. The first-order valence-electron chi connectivity index (χ1n) is 21.9. The van der Waals surface area contributed by atoms with E-state index in [0.717, 1.165) is 89.9 Å². The first kappa shape index (κ1) is 53.3.